The molecule has 1 aromatic heterocycles. The number of halogens is 3. The summed E-state index contributed by atoms with van der Waals surface area (Å²) < 4.78 is 18.7. The quantitative estimate of drug-likeness (QED) is 0.637. The smallest absolute Gasteiger partial charge is 0.257 e. The largest absolute Gasteiger partial charge is 0.449 e. The minimum Gasteiger partial charge on any atom is -0.449 e. The van der Waals surface area contributed by atoms with Crippen LogP contribution in [0.4, 0.5) is 10.1 Å². The third kappa shape index (κ3) is 3.42. The summed E-state index contributed by atoms with van der Waals surface area (Å²) in [6.45, 7) is 1.76. The second kappa shape index (κ2) is 6.63. The van der Waals surface area contributed by atoms with E-state index in [2.05, 4.69) is 10.3 Å². The van der Waals surface area contributed by atoms with Gasteiger partial charge >= 0.3 is 0 Å². The minimum atomic E-state index is -0.706. The van der Waals surface area contributed by atoms with Gasteiger partial charge in [0.15, 0.2) is 5.89 Å². The number of aryl methyl sites for hydroxylation is 1. The monoisotopic (exact) mass is 364 g/mol. The molecular weight excluding hydrogens is 354 g/mol. The van der Waals surface area contributed by atoms with Crippen LogP contribution in [-0.4, -0.2) is 10.9 Å². The van der Waals surface area contributed by atoms with Crippen molar-refractivity contribution < 1.29 is 13.6 Å². The van der Waals surface area contributed by atoms with E-state index in [1.165, 1.54) is 6.07 Å². The molecule has 0 saturated carbocycles. The fraction of sp³-hybridized carbons (Fsp3) is 0.0588. The van der Waals surface area contributed by atoms with Crippen molar-refractivity contribution in [1.29, 1.82) is 0 Å². The van der Waals surface area contributed by atoms with Gasteiger partial charge in [-0.3, -0.25) is 4.79 Å². The number of hydrogen-bond donors (Lipinski definition) is 1. The zero-order chi connectivity index (χ0) is 17.3. The minimum absolute atomic E-state index is 0.00905. The van der Waals surface area contributed by atoms with Gasteiger partial charge in [0.05, 0.1) is 15.6 Å². The molecule has 1 amide bonds. The molecule has 0 aliphatic heterocycles. The highest BCUT2D eigenvalue weighted by Crippen LogP contribution is 2.26. The van der Waals surface area contributed by atoms with E-state index in [9.17, 15) is 9.18 Å². The summed E-state index contributed by atoms with van der Waals surface area (Å²) in [6, 6.07) is 9.19. The van der Waals surface area contributed by atoms with E-state index in [-0.39, 0.29) is 15.6 Å². The van der Waals surface area contributed by atoms with Crippen molar-refractivity contribution in [1.82, 2.24) is 4.98 Å². The Hall–Kier alpha value is -2.37. The van der Waals surface area contributed by atoms with Gasteiger partial charge in [-0.15, -0.1) is 0 Å². The number of oxazole rings is 1. The number of hydrogen-bond acceptors (Lipinski definition) is 3. The molecule has 3 aromatic rings. The van der Waals surface area contributed by atoms with Gasteiger partial charge in [0.2, 0.25) is 0 Å². The molecule has 1 N–H and O–H groups in total. The first kappa shape index (κ1) is 16.5. The SMILES string of the molecule is Cc1nc(-c2ccc(NC(=O)c3cc(F)c(Cl)cc3Cl)cc2)co1. The van der Waals surface area contributed by atoms with Crippen molar-refractivity contribution >= 4 is 34.8 Å². The standard InChI is InChI=1S/C17H11Cl2FN2O2/c1-9-21-16(8-24-9)10-2-4-11(5-3-10)22-17(23)12-6-15(20)14(19)7-13(12)18/h2-8H,1H3,(H,22,23). The highest BCUT2D eigenvalue weighted by molar-refractivity contribution is 6.37. The molecule has 0 atom stereocenters. The third-order valence-electron chi connectivity index (χ3n) is 3.31. The van der Waals surface area contributed by atoms with Crippen LogP contribution in [0.5, 0.6) is 0 Å². The maximum absolute atomic E-state index is 13.5. The molecule has 7 heteroatoms. The molecule has 0 unspecified atom stereocenters. The predicted octanol–water partition coefficient (Wildman–Crippen LogP) is 5.35. The topological polar surface area (TPSA) is 55.1 Å². The molecule has 3 rings (SSSR count). The Morgan fingerprint density at radius 3 is 2.50 bits per heavy atom. The van der Waals surface area contributed by atoms with Crippen molar-refractivity contribution in [3.05, 3.63) is 70.0 Å². The van der Waals surface area contributed by atoms with Crippen LogP contribution in [0, 0.1) is 12.7 Å². The molecule has 0 spiro atoms. The lowest BCUT2D eigenvalue weighted by Crippen LogP contribution is -2.12. The molecule has 4 nitrogen and oxygen atoms in total. The molecule has 24 heavy (non-hydrogen) atoms. The Bertz CT molecular complexity index is 907. The lowest BCUT2D eigenvalue weighted by molar-refractivity contribution is 0.102. The Morgan fingerprint density at radius 1 is 1.17 bits per heavy atom. The van der Waals surface area contributed by atoms with Gasteiger partial charge in [-0.25, -0.2) is 9.37 Å². The number of nitrogens with one attached hydrogen (secondary N) is 1. The van der Waals surface area contributed by atoms with Gasteiger partial charge in [0, 0.05) is 18.2 Å². The Labute approximate surface area is 147 Å². The normalized spacial score (nSPS) is 10.7. The maximum atomic E-state index is 13.5. The Balaban J connectivity index is 1.79. The molecule has 0 aliphatic rings. The van der Waals surface area contributed by atoms with Crippen molar-refractivity contribution in [3.63, 3.8) is 0 Å². The lowest BCUT2D eigenvalue weighted by atomic mass is 10.1. The molecule has 0 saturated heterocycles. The van der Waals surface area contributed by atoms with Crippen LogP contribution in [0.1, 0.15) is 16.2 Å². The summed E-state index contributed by atoms with van der Waals surface area (Å²) in [5, 5.41) is 2.59. The Kier molecular flexibility index (Phi) is 4.55. The molecule has 0 radical (unpaired) electrons. The molecule has 0 aliphatic carbocycles. The number of rotatable bonds is 3. The van der Waals surface area contributed by atoms with Crippen molar-refractivity contribution in [2.75, 3.05) is 5.32 Å². The van der Waals surface area contributed by atoms with E-state index >= 15 is 0 Å². The van der Waals surface area contributed by atoms with Gasteiger partial charge < -0.3 is 9.73 Å². The number of nitrogens with zero attached hydrogens (tertiary/aromatic N) is 1. The number of carbonyl (C=O) groups is 1. The molecule has 2 aromatic carbocycles. The predicted molar refractivity (Wildman–Crippen MR) is 91.0 cm³/mol. The van der Waals surface area contributed by atoms with Gasteiger partial charge in [-0.2, -0.15) is 0 Å². The van der Waals surface area contributed by atoms with Gasteiger partial charge in [-0.05, 0) is 24.3 Å². The summed E-state index contributed by atoms with van der Waals surface area (Å²) in [6.07, 6.45) is 1.55. The highest BCUT2D eigenvalue weighted by atomic mass is 35.5. The molecule has 1 heterocycles. The van der Waals surface area contributed by atoms with Crippen molar-refractivity contribution in [3.8, 4) is 11.3 Å². The fourth-order valence-electron chi connectivity index (χ4n) is 2.12. The maximum Gasteiger partial charge on any atom is 0.257 e. The van der Waals surface area contributed by atoms with Crippen LogP contribution in [0.25, 0.3) is 11.3 Å². The third-order valence-corrected chi connectivity index (χ3v) is 3.91. The number of aromatic nitrogens is 1. The average Bonchev–Trinajstić information content (AvgIpc) is 2.98. The number of anilines is 1. The fourth-order valence-corrected chi connectivity index (χ4v) is 2.58. The van der Waals surface area contributed by atoms with E-state index in [1.807, 2.05) is 0 Å². The molecule has 0 bridgehead atoms. The zero-order valence-electron chi connectivity index (χ0n) is 12.4. The van der Waals surface area contributed by atoms with Gasteiger partial charge in [0.25, 0.3) is 5.91 Å². The second-order valence-electron chi connectivity index (χ2n) is 5.03. The molecule has 122 valence electrons. The van der Waals surface area contributed by atoms with E-state index in [4.69, 9.17) is 27.6 Å². The van der Waals surface area contributed by atoms with E-state index in [1.54, 1.807) is 37.5 Å². The van der Waals surface area contributed by atoms with E-state index in [0.29, 0.717) is 17.3 Å². The van der Waals surface area contributed by atoms with Crippen LogP contribution < -0.4 is 5.32 Å². The summed E-state index contributed by atoms with van der Waals surface area (Å²) in [5.41, 5.74) is 2.10. The number of benzene rings is 2. The van der Waals surface area contributed by atoms with Crippen LogP contribution in [-0.2, 0) is 0 Å². The van der Waals surface area contributed by atoms with Crippen LogP contribution in [0.2, 0.25) is 10.0 Å². The van der Waals surface area contributed by atoms with Crippen LogP contribution in [0.3, 0.4) is 0 Å². The van der Waals surface area contributed by atoms with E-state index < -0.39 is 11.7 Å². The summed E-state index contributed by atoms with van der Waals surface area (Å²) >= 11 is 11.6. The first-order valence-corrected chi connectivity index (χ1v) is 7.68. The average molecular weight is 365 g/mol. The van der Waals surface area contributed by atoms with Crippen LogP contribution >= 0.6 is 23.2 Å². The first-order valence-electron chi connectivity index (χ1n) is 6.92. The summed E-state index contributed by atoms with van der Waals surface area (Å²) in [5.74, 6) is -0.662. The second-order valence-corrected chi connectivity index (χ2v) is 5.84. The number of amides is 1. The highest BCUT2D eigenvalue weighted by Gasteiger charge is 2.14. The van der Waals surface area contributed by atoms with Crippen LogP contribution in [0.15, 0.2) is 47.1 Å². The first-order chi connectivity index (χ1) is 11.4. The summed E-state index contributed by atoms with van der Waals surface area (Å²) in [7, 11) is 0. The van der Waals surface area contributed by atoms with Crippen molar-refractivity contribution in [2.24, 2.45) is 0 Å². The van der Waals surface area contributed by atoms with Gasteiger partial charge in [0.1, 0.15) is 17.8 Å². The Morgan fingerprint density at radius 2 is 1.88 bits per heavy atom. The molecule has 0 fully saturated rings. The van der Waals surface area contributed by atoms with E-state index in [0.717, 1.165) is 11.6 Å². The molecular formula is C17H11Cl2FN2O2. The van der Waals surface area contributed by atoms with Crippen molar-refractivity contribution in [2.45, 2.75) is 6.92 Å². The summed E-state index contributed by atoms with van der Waals surface area (Å²) in [4.78, 5) is 16.4. The zero-order valence-corrected chi connectivity index (χ0v) is 14.0. The lowest BCUT2D eigenvalue weighted by Gasteiger charge is -2.08. The van der Waals surface area contributed by atoms with Gasteiger partial charge in [-0.1, -0.05) is 35.3 Å². The number of carbonyl (C=O) groups excluding carboxylic acids is 1.